The Labute approximate surface area is 140 Å². The third-order valence-electron chi connectivity index (χ3n) is 4.94. The van der Waals surface area contributed by atoms with Crippen LogP contribution in [0.3, 0.4) is 0 Å². The van der Waals surface area contributed by atoms with Crippen molar-refractivity contribution in [2.75, 3.05) is 19.6 Å². The Kier molecular flexibility index (Phi) is 3.80. The number of amides is 2. The molecule has 0 bridgehead atoms. The van der Waals surface area contributed by atoms with E-state index in [0.717, 1.165) is 17.8 Å². The maximum absolute atomic E-state index is 12.6. The maximum atomic E-state index is 12.6. The Morgan fingerprint density at radius 1 is 1.29 bits per heavy atom. The van der Waals surface area contributed by atoms with E-state index in [-0.39, 0.29) is 24.3 Å². The zero-order valence-corrected chi connectivity index (χ0v) is 13.4. The van der Waals surface area contributed by atoms with Crippen molar-refractivity contribution in [3.05, 3.63) is 53.6 Å². The highest BCUT2D eigenvalue weighted by molar-refractivity contribution is 5.86. The van der Waals surface area contributed by atoms with Gasteiger partial charge in [0.1, 0.15) is 0 Å². The van der Waals surface area contributed by atoms with E-state index < -0.39 is 0 Å². The summed E-state index contributed by atoms with van der Waals surface area (Å²) in [6.45, 7) is 2.02. The monoisotopic (exact) mass is 324 g/mol. The lowest BCUT2D eigenvalue weighted by Crippen LogP contribution is -2.43. The van der Waals surface area contributed by atoms with Crippen molar-refractivity contribution in [2.45, 2.75) is 25.3 Å². The number of likely N-dealkylation sites (tertiary alicyclic amines) is 1. The second-order valence-corrected chi connectivity index (χ2v) is 6.48. The van der Waals surface area contributed by atoms with Crippen molar-refractivity contribution in [1.29, 1.82) is 0 Å². The molecule has 2 aliphatic heterocycles. The van der Waals surface area contributed by atoms with Gasteiger partial charge in [-0.2, -0.15) is 0 Å². The van der Waals surface area contributed by atoms with Crippen molar-refractivity contribution in [3.8, 4) is 0 Å². The van der Waals surface area contributed by atoms with Gasteiger partial charge in [0.05, 0.1) is 30.8 Å². The van der Waals surface area contributed by atoms with Crippen molar-refractivity contribution in [2.24, 2.45) is 0 Å². The van der Waals surface area contributed by atoms with Gasteiger partial charge in [-0.15, -0.1) is 0 Å². The Morgan fingerprint density at radius 2 is 2.12 bits per heavy atom. The molecule has 6 nitrogen and oxygen atoms in total. The molecular formula is C18H20N4O2. The minimum atomic E-state index is 0.0114. The summed E-state index contributed by atoms with van der Waals surface area (Å²) in [6.07, 6.45) is 2.93. The first-order valence-corrected chi connectivity index (χ1v) is 8.32. The molecule has 2 aromatic rings. The molecule has 1 saturated heterocycles. The first-order chi connectivity index (χ1) is 11.7. The number of nitrogens with zero attached hydrogens (tertiary/aromatic N) is 3. The summed E-state index contributed by atoms with van der Waals surface area (Å²) in [5, 5.41) is 0. The molecule has 124 valence electrons. The number of fused-ring (bicyclic) bond motifs is 1. The molecule has 24 heavy (non-hydrogen) atoms. The number of hydrogen-bond donors (Lipinski definition) is 1. The van der Waals surface area contributed by atoms with Crippen LogP contribution in [0.25, 0.3) is 0 Å². The number of H-pyrrole nitrogens is 1. The molecule has 0 aliphatic carbocycles. The summed E-state index contributed by atoms with van der Waals surface area (Å²) in [5.74, 6) is 0.265. The van der Waals surface area contributed by atoms with E-state index in [1.807, 2.05) is 35.2 Å². The summed E-state index contributed by atoms with van der Waals surface area (Å²) in [5.41, 5.74) is 3.21. The van der Waals surface area contributed by atoms with Gasteiger partial charge in [-0.1, -0.05) is 30.3 Å². The third kappa shape index (κ3) is 2.79. The minimum Gasteiger partial charge on any atom is -0.347 e. The van der Waals surface area contributed by atoms with E-state index >= 15 is 0 Å². The van der Waals surface area contributed by atoms with Crippen LogP contribution in [0.4, 0.5) is 0 Å². The van der Waals surface area contributed by atoms with Gasteiger partial charge in [0, 0.05) is 31.8 Å². The van der Waals surface area contributed by atoms with Crippen molar-refractivity contribution >= 4 is 11.8 Å². The number of benzene rings is 1. The largest absolute Gasteiger partial charge is 0.347 e. The first-order valence-electron chi connectivity index (χ1n) is 8.32. The van der Waals surface area contributed by atoms with E-state index in [4.69, 9.17) is 0 Å². The van der Waals surface area contributed by atoms with Crippen LogP contribution in [0.1, 0.15) is 29.3 Å². The SMILES string of the molecule is O=C(CN1CC(c2ccccc2)CC1=O)N1CCc2nc[nH]c2C1. The predicted octanol–water partition coefficient (Wildman–Crippen LogP) is 1.31. The van der Waals surface area contributed by atoms with Crippen LogP contribution < -0.4 is 0 Å². The van der Waals surface area contributed by atoms with E-state index in [1.54, 1.807) is 11.2 Å². The number of carbonyl (C=O) groups excluding carboxylic acids is 2. The lowest BCUT2D eigenvalue weighted by molar-refractivity contribution is -0.139. The molecule has 0 spiro atoms. The van der Waals surface area contributed by atoms with Gasteiger partial charge in [0.2, 0.25) is 11.8 Å². The normalized spacial score (nSPS) is 20.3. The average molecular weight is 324 g/mol. The quantitative estimate of drug-likeness (QED) is 0.925. The van der Waals surface area contributed by atoms with Gasteiger partial charge in [0.25, 0.3) is 0 Å². The van der Waals surface area contributed by atoms with Crippen LogP contribution in [0, 0.1) is 0 Å². The van der Waals surface area contributed by atoms with Gasteiger partial charge in [-0.05, 0) is 5.56 Å². The first kappa shape index (κ1) is 14.9. The van der Waals surface area contributed by atoms with Crippen molar-refractivity contribution in [3.63, 3.8) is 0 Å². The molecule has 1 fully saturated rings. The average Bonchev–Trinajstić information content (AvgIpc) is 3.22. The van der Waals surface area contributed by atoms with E-state index in [9.17, 15) is 9.59 Å². The molecule has 2 amide bonds. The molecule has 1 N–H and O–H groups in total. The molecule has 1 atom stereocenters. The third-order valence-corrected chi connectivity index (χ3v) is 4.94. The smallest absolute Gasteiger partial charge is 0.242 e. The number of carbonyl (C=O) groups is 2. The standard InChI is InChI=1S/C18H20N4O2/c23-17-8-14(13-4-2-1-3-5-13)9-22(17)11-18(24)21-7-6-15-16(10-21)20-12-19-15/h1-5,12,14H,6-11H2,(H,19,20). The Bertz CT molecular complexity index is 755. The van der Waals surface area contributed by atoms with Crippen LogP contribution in [0.15, 0.2) is 36.7 Å². The predicted molar refractivity (Wildman–Crippen MR) is 88.1 cm³/mol. The lowest BCUT2D eigenvalue weighted by Gasteiger charge is -2.28. The summed E-state index contributed by atoms with van der Waals surface area (Å²) < 4.78 is 0. The molecule has 4 rings (SSSR count). The highest BCUT2D eigenvalue weighted by atomic mass is 16.2. The fraction of sp³-hybridized carbons (Fsp3) is 0.389. The molecular weight excluding hydrogens is 304 g/mol. The zero-order chi connectivity index (χ0) is 16.5. The van der Waals surface area contributed by atoms with Crippen LogP contribution >= 0.6 is 0 Å². The lowest BCUT2D eigenvalue weighted by atomic mass is 9.99. The van der Waals surface area contributed by atoms with Crippen molar-refractivity contribution in [1.82, 2.24) is 19.8 Å². The summed E-state index contributed by atoms with van der Waals surface area (Å²) in [6, 6.07) is 10.1. The summed E-state index contributed by atoms with van der Waals surface area (Å²) in [7, 11) is 0. The van der Waals surface area contributed by atoms with Crippen LogP contribution in [-0.2, 0) is 22.6 Å². The van der Waals surface area contributed by atoms with Gasteiger partial charge < -0.3 is 14.8 Å². The molecule has 1 aromatic carbocycles. The van der Waals surface area contributed by atoms with Gasteiger partial charge in [0.15, 0.2) is 0 Å². The van der Waals surface area contributed by atoms with Crippen LogP contribution in [0.5, 0.6) is 0 Å². The molecule has 2 aliphatic rings. The van der Waals surface area contributed by atoms with E-state index in [2.05, 4.69) is 9.97 Å². The summed E-state index contributed by atoms with van der Waals surface area (Å²) >= 11 is 0. The van der Waals surface area contributed by atoms with Crippen LogP contribution in [0.2, 0.25) is 0 Å². The van der Waals surface area contributed by atoms with Gasteiger partial charge in [-0.3, -0.25) is 9.59 Å². The number of nitrogens with one attached hydrogen (secondary N) is 1. The van der Waals surface area contributed by atoms with Crippen molar-refractivity contribution < 1.29 is 9.59 Å². The number of rotatable bonds is 3. The molecule has 1 aromatic heterocycles. The Hall–Kier alpha value is -2.63. The summed E-state index contributed by atoms with van der Waals surface area (Å²) in [4.78, 5) is 35.7. The molecule has 0 radical (unpaired) electrons. The molecule has 0 saturated carbocycles. The second-order valence-electron chi connectivity index (χ2n) is 6.48. The van der Waals surface area contributed by atoms with E-state index in [1.165, 1.54) is 5.56 Å². The molecule has 3 heterocycles. The molecule has 6 heteroatoms. The van der Waals surface area contributed by atoms with Crippen LogP contribution in [-0.4, -0.2) is 51.2 Å². The fourth-order valence-corrected chi connectivity index (χ4v) is 3.56. The maximum Gasteiger partial charge on any atom is 0.242 e. The number of aromatic nitrogens is 2. The number of aromatic amines is 1. The Morgan fingerprint density at radius 3 is 2.96 bits per heavy atom. The molecule has 1 unspecified atom stereocenters. The second kappa shape index (κ2) is 6.11. The topological polar surface area (TPSA) is 69.3 Å². The minimum absolute atomic E-state index is 0.0114. The highest BCUT2D eigenvalue weighted by Gasteiger charge is 2.33. The number of imidazole rings is 1. The van der Waals surface area contributed by atoms with Gasteiger partial charge >= 0.3 is 0 Å². The van der Waals surface area contributed by atoms with Gasteiger partial charge in [-0.25, -0.2) is 4.98 Å². The fourth-order valence-electron chi connectivity index (χ4n) is 3.56. The number of hydrogen-bond acceptors (Lipinski definition) is 3. The Balaban J connectivity index is 1.39. The zero-order valence-electron chi connectivity index (χ0n) is 13.4. The highest BCUT2D eigenvalue weighted by Crippen LogP contribution is 2.28. The van der Waals surface area contributed by atoms with E-state index in [0.29, 0.717) is 26.1 Å².